The fourth-order valence-corrected chi connectivity index (χ4v) is 6.56. The molecule has 2 heterocycles. The molecular formula is C22H33N3O3S. The number of carbonyl (C=O) groups excluding carboxylic acids is 1. The van der Waals surface area contributed by atoms with Gasteiger partial charge in [-0.05, 0) is 82.3 Å². The van der Waals surface area contributed by atoms with E-state index in [0.717, 1.165) is 45.2 Å². The van der Waals surface area contributed by atoms with Gasteiger partial charge in [-0.1, -0.05) is 6.07 Å². The molecule has 1 amide bonds. The number of likely N-dealkylation sites (N-methyl/N-ethyl adjacent to an activating group) is 1. The van der Waals surface area contributed by atoms with E-state index in [-0.39, 0.29) is 11.8 Å². The van der Waals surface area contributed by atoms with Crippen LogP contribution in [0.25, 0.3) is 0 Å². The minimum atomic E-state index is -3.48. The van der Waals surface area contributed by atoms with E-state index in [2.05, 4.69) is 19.0 Å². The number of aryl methyl sites for hydroxylation is 2. The van der Waals surface area contributed by atoms with Crippen molar-refractivity contribution in [1.29, 1.82) is 0 Å². The van der Waals surface area contributed by atoms with Crippen molar-refractivity contribution in [1.82, 2.24) is 14.1 Å². The van der Waals surface area contributed by atoms with E-state index >= 15 is 0 Å². The molecule has 1 aliphatic carbocycles. The van der Waals surface area contributed by atoms with Crippen LogP contribution in [0.2, 0.25) is 0 Å². The minimum absolute atomic E-state index is 0.0533. The normalized spacial score (nSPS) is 24.1. The molecule has 0 N–H and O–H groups in total. The highest BCUT2D eigenvalue weighted by atomic mass is 32.2. The van der Waals surface area contributed by atoms with Crippen molar-refractivity contribution in [2.75, 3.05) is 40.3 Å². The third kappa shape index (κ3) is 4.23. The first-order valence-electron chi connectivity index (χ1n) is 10.9. The molecule has 2 saturated heterocycles. The van der Waals surface area contributed by atoms with Gasteiger partial charge in [0.15, 0.2) is 0 Å². The quantitative estimate of drug-likeness (QED) is 0.750. The Bertz CT molecular complexity index is 860. The van der Waals surface area contributed by atoms with Crippen molar-refractivity contribution in [2.45, 2.75) is 55.9 Å². The summed E-state index contributed by atoms with van der Waals surface area (Å²) in [6.07, 6.45) is 6.54. The van der Waals surface area contributed by atoms with Crippen LogP contribution < -0.4 is 0 Å². The van der Waals surface area contributed by atoms with Crippen molar-refractivity contribution < 1.29 is 13.2 Å². The Morgan fingerprint density at radius 3 is 2.45 bits per heavy atom. The van der Waals surface area contributed by atoms with Gasteiger partial charge in [0.2, 0.25) is 15.9 Å². The molecule has 7 heteroatoms. The molecule has 0 saturated carbocycles. The molecule has 160 valence electrons. The molecular weight excluding hydrogens is 386 g/mol. The molecule has 1 atom stereocenters. The van der Waals surface area contributed by atoms with Gasteiger partial charge in [0.05, 0.1) is 4.90 Å². The molecule has 4 rings (SSSR count). The van der Waals surface area contributed by atoms with Crippen LogP contribution in [0.15, 0.2) is 23.1 Å². The Morgan fingerprint density at radius 1 is 1.00 bits per heavy atom. The number of hydrogen-bond acceptors (Lipinski definition) is 4. The zero-order chi connectivity index (χ0) is 20.6. The zero-order valence-electron chi connectivity index (χ0n) is 17.6. The molecule has 6 nitrogen and oxygen atoms in total. The lowest BCUT2D eigenvalue weighted by atomic mass is 9.94. The number of fused-ring (bicyclic) bond motifs is 1. The van der Waals surface area contributed by atoms with Crippen molar-refractivity contribution in [3.8, 4) is 0 Å². The zero-order valence-corrected chi connectivity index (χ0v) is 18.5. The number of amides is 1. The molecule has 0 radical (unpaired) electrons. The highest BCUT2D eigenvalue weighted by Gasteiger charge is 2.35. The second kappa shape index (κ2) is 8.36. The maximum atomic E-state index is 13.1. The lowest BCUT2D eigenvalue weighted by molar-refractivity contribution is -0.138. The summed E-state index contributed by atoms with van der Waals surface area (Å²) < 4.78 is 27.8. The summed E-state index contributed by atoms with van der Waals surface area (Å²) in [6.45, 7) is 2.48. The van der Waals surface area contributed by atoms with Gasteiger partial charge in [-0.2, -0.15) is 4.31 Å². The van der Waals surface area contributed by atoms with Crippen molar-refractivity contribution in [3.05, 3.63) is 29.3 Å². The molecule has 2 aliphatic heterocycles. The van der Waals surface area contributed by atoms with E-state index in [0.29, 0.717) is 36.9 Å². The van der Waals surface area contributed by atoms with Crippen LogP contribution in [0.4, 0.5) is 0 Å². The highest BCUT2D eigenvalue weighted by molar-refractivity contribution is 7.89. The fraction of sp³-hybridized carbons (Fsp3) is 0.682. The Hall–Kier alpha value is -1.44. The first-order chi connectivity index (χ1) is 13.9. The SMILES string of the molecule is CN(C)C1CCCN(C(=O)C2CCN(S(=O)(=O)c3ccc4c(c3)CCC4)CC2)C1. The molecule has 1 aromatic carbocycles. The Kier molecular flexibility index (Phi) is 6.00. The molecule has 1 aromatic rings. The average molecular weight is 420 g/mol. The predicted molar refractivity (Wildman–Crippen MR) is 113 cm³/mol. The molecule has 0 bridgehead atoms. The standard InChI is InChI=1S/C22H33N3O3S/c1-23(2)20-7-4-12-24(16-20)22(26)18-10-13-25(14-11-18)29(27,28)21-9-8-17-5-3-6-19(17)15-21/h8-9,15,18,20H,3-7,10-14,16H2,1-2H3. The maximum absolute atomic E-state index is 13.1. The van der Waals surface area contributed by atoms with Gasteiger partial charge < -0.3 is 9.80 Å². The largest absolute Gasteiger partial charge is 0.341 e. The second-order valence-electron chi connectivity index (χ2n) is 9.01. The first-order valence-corrected chi connectivity index (χ1v) is 12.4. The molecule has 3 aliphatic rings. The summed E-state index contributed by atoms with van der Waals surface area (Å²) in [5, 5.41) is 0. The highest BCUT2D eigenvalue weighted by Crippen LogP contribution is 2.29. The average Bonchev–Trinajstić information content (AvgIpc) is 3.21. The van der Waals surface area contributed by atoms with Crippen LogP contribution in [-0.4, -0.2) is 74.7 Å². The number of sulfonamides is 1. The first kappa shape index (κ1) is 20.8. The van der Waals surface area contributed by atoms with Crippen molar-refractivity contribution in [3.63, 3.8) is 0 Å². The van der Waals surface area contributed by atoms with Gasteiger partial charge in [0.25, 0.3) is 0 Å². The molecule has 29 heavy (non-hydrogen) atoms. The van der Waals surface area contributed by atoms with Gasteiger partial charge in [-0.3, -0.25) is 4.79 Å². The summed E-state index contributed by atoms with van der Waals surface area (Å²) in [7, 11) is 0.665. The van der Waals surface area contributed by atoms with E-state index in [1.165, 1.54) is 11.1 Å². The lowest BCUT2D eigenvalue weighted by Gasteiger charge is -2.39. The number of rotatable bonds is 4. The molecule has 0 aromatic heterocycles. The topological polar surface area (TPSA) is 60.9 Å². The maximum Gasteiger partial charge on any atom is 0.243 e. The summed E-state index contributed by atoms with van der Waals surface area (Å²) in [5.74, 6) is 0.161. The molecule has 0 spiro atoms. The second-order valence-corrected chi connectivity index (χ2v) is 10.9. The van der Waals surface area contributed by atoms with Gasteiger partial charge in [0.1, 0.15) is 0 Å². The third-order valence-corrected chi connectivity index (χ3v) is 8.84. The summed E-state index contributed by atoms with van der Waals surface area (Å²) >= 11 is 0. The van der Waals surface area contributed by atoms with E-state index < -0.39 is 10.0 Å². The van der Waals surface area contributed by atoms with E-state index in [4.69, 9.17) is 0 Å². The number of piperidine rings is 2. The van der Waals surface area contributed by atoms with E-state index in [9.17, 15) is 13.2 Å². The van der Waals surface area contributed by atoms with E-state index in [1.54, 1.807) is 10.4 Å². The lowest BCUT2D eigenvalue weighted by Crippen LogP contribution is -2.51. The summed E-state index contributed by atoms with van der Waals surface area (Å²) in [5.41, 5.74) is 2.46. The van der Waals surface area contributed by atoms with Crippen LogP contribution in [-0.2, 0) is 27.7 Å². The predicted octanol–water partition coefficient (Wildman–Crippen LogP) is 2.13. The van der Waals surface area contributed by atoms with Gasteiger partial charge in [0, 0.05) is 38.1 Å². The number of benzene rings is 1. The van der Waals surface area contributed by atoms with Gasteiger partial charge in [-0.15, -0.1) is 0 Å². The van der Waals surface area contributed by atoms with Gasteiger partial charge >= 0.3 is 0 Å². The van der Waals surface area contributed by atoms with Crippen molar-refractivity contribution >= 4 is 15.9 Å². The summed E-state index contributed by atoms with van der Waals surface area (Å²) in [6, 6.07) is 6.02. The monoisotopic (exact) mass is 419 g/mol. The molecule has 2 fully saturated rings. The van der Waals surface area contributed by atoms with E-state index in [1.807, 2.05) is 17.0 Å². The number of likely N-dealkylation sites (tertiary alicyclic amines) is 1. The molecule has 1 unspecified atom stereocenters. The van der Waals surface area contributed by atoms with Crippen molar-refractivity contribution in [2.24, 2.45) is 5.92 Å². The summed E-state index contributed by atoms with van der Waals surface area (Å²) in [4.78, 5) is 17.6. The van der Waals surface area contributed by atoms with Crippen LogP contribution >= 0.6 is 0 Å². The van der Waals surface area contributed by atoms with Gasteiger partial charge in [-0.25, -0.2) is 8.42 Å². The Balaban J connectivity index is 1.38. The van der Waals surface area contributed by atoms with Crippen LogP contribution in [0.1, 0.15) is 43.2 Å². The third-order valence-electron chi connectivity index (χ3n) is 6.95. The fourth-order valence-electron chi connectivity index (χ4n) is 5.04. The van der Waals surface area contributed by atoms with Crippen LogP contribution in [0.3, 0.4) is 0 Å². The number of hydrogen-bond donors (Lipinski definition) is 0. The smallest absolute Gasteiger partial charge is 0.243 e. The number of nitrogens with zero attached hydrogens (tertiary/aromatic N) is 3. The Morgan fingerprint density at radius 2 is 1.72 bits per heavy atom. The minimum Gasteiger partial charge on any atom is -0.341 e. The number of carbonyl (C=O) groups is 1. The van der Waals surface area contributed by atoms with Crippen LogP contribution in [0, 0.1) is 5.92 Å². The Labute approximate surface area is 174 Å². The van der Waals surface area contributed by atoms with Crippen LogP contribution in [0.5, 0.6) is 0 Å².